The molecule has 6 heteroatoms. The number of nitrogens with two attached hydrogens (primary N) is 1. The van der Waals surface area contributed by atoms with Crippen LogP contribution in [-0.2, 0) is 6.42 Å². The van der Waals surface area contributed by atoms with E-state index in [1.807, 2.05) is 43.0 Å². The van der Waals surface area contributed by atoms with Gasteiger partial charge in [-0.1, -0.05) is 49.3 Å². The van der Waals surface area contributed by atoms with Gasteiger partial charge >= 0.3 is 0 Å². The molecule has 0 unspecified atom stereocenters. The monoisotopic (exact) mass is 392 g/mol. The van der Waals surface area contributed by atoms with Crippen LogP contribution in [0.4, 0.5) is 0 Å². The minimum atomic E-state index is -0.0224. The fourth-order valence-electron chi connectivity index (χ4n) is 3.69. The van der Waals surface area contributed by atoms with Crippen molar-refractivity contribution in [1.82, 2.24) is 15.0 Å². The first-order chi connectivity index (χ1) is 14.1. The first kappa shape index (κ1) is 19.6. The summed E-state index contributed by atoms with van der Waals surface area (Å²) in [6.07, 6.45) is 3.01. The molecule has 0 saturated heterocycles. The molecule has 1 aromatic carbocycles. The number of fused-ring (bicyclic) bond motifs is 1. The highest BCUT2D eigenvalue weighted by atomic mass is 16.5. The molecule has 29 heavy (non-hydrogen) atoms. The van der Waals surface area contributed by atoms with Gasteiger partial charge in [-0.25, -0.2) is 4.98 Å². The van der Waals surface area contributed by atoms with Crippen LogP contribution < -0.4 is 5.73 Å². The molecule has 1 amide bonds. The summed E-state index contributed by atoms with van der Waals surface area (Å²) in [6.45, 7) is 5.65. The quantitative estimate of drug-likeness (QED) is 0.629. The van der Waals surface area contributed by atoms with Crippen molar-refractivity contribution in [2.45, 2.75) is 44.9 Å². The van der Waals surface area contributed by atoms with Gasteiger partial charge < -0.3 is 15.2 Å². The molecule has 1 fully saturated rings. The maximum absolute atomic E-state index is 13.6. The Morgan fingerprint density at radius 3 is 2.66 bits per heavy atom. The molecule has 3 aromatic rings. The Bertz CT molecular complexity index is 993. The number of hydrogen-bond donors (Lipinski definition) is 1. The average molecular weight is 393 g/mol. The van der Waals surface area contributed by atoms with E-state index < -0.39 is 0 Å². The van der Waals surface area contributed by atoms with Crippen LogP contribution in [0.1, 0.15) is 65.8 Å². The number of amides is 1. The predicted molar refractivity (Wildman–Crippen MR) is 113 cm³/mol. The van der Waals surface area contributed by atoms with Crippen molar-refractivity contribution in [3.05, 3.63) is 58.9 Å². The SMILES string of the molecule is CC(C)c1noc2nc(C3CC3)cc(C(=O)N(CCN)CCc3ccccc3)c12. The van der Waals surface area contributed by atoms with Crippen molar-refractivity contribution in [3.8, 4) is 0 Å². The number of rotatable bonds is 8. The zero-order valence-electron chi connectivity index (χ0n) is 17.1. The van der Waals surface area contributed by atoms with E-state index in [-0.39, 0.29) is 11.8 Å². The third-order valence-corrected chi connectivity index (χ3v) is 5.47. The molecule has 4 rings (SSSR count). The summed E-state index contributed by atoms with van der Waals surface area (Å²) in [7, 11) is 0. The van der Waals surface area contributed by atoms with E-state index in [9.17, 15) is 4.79 Å². The molecule has 2 aromatic heterocycles. The van der Waals surface area contributed by atoms with E-state index in [1.54, 1.807) is 0 Å². The van der Waals surface area contributed by atoms with Crippen molar-refractivity contribution in [3.63, 3.8) is 0 Å². The molecule has 0 atom stereocenters. The van der Waals surface area contributed by atoms with Gasteiger partial charge in [-0.2, -0.15) is 0 Å². The van der Waals surface area contributed by atoms with Crippen molar-refractivity contribution >= 4 is 17.0 Å². The van der Waals surface area contributed by atoms with Gasteiger partial charge in [0.05, 0.1) is 16.6 Å². The van der Waals surface area contributed by atoms with Gasteiger partial charge in [0.1, 0.15) is 0 Å². The Labute approximate surface area is 171 Å². The summed E-state index contributed by atoms with van der Waals surface area (Å²) in [4.78, 5) is 20.1. The fourth-order valence-corrected chi connectivity index (χ4v) is 3.69. The average Bonchev–Trinajstić information content (AvgIpc) is 3.49. The van der Waals surface area contributed by atoms with Crippen LogP contribution in [0.2, 0.25) is 0 Å². The smallest absolute Gasteiger partial charge is 0.259 e. The number of aromatic nitrogens is 2. The Morgan fingerprint density at radius 2 is 2.00 bits per heavy atom. The second-order valence-electron chi connectivity index (χ2n) is 8.09. The third kappa shape index (κ3) is 4.17. The first-order valence-corrected chi connectivity index (χ1v) is 10.4. The molecule has 0 bridgehead atoms. The highest BCUT2D eigenvalue weighted by Gasteiger charge is 2.30. The van der Waals surface area contributed by atoms with Crippen LogP contribution in [0.25, 0.3) is 11.1 Å². The van der Waals surface area contributed by atoms with Crippen LogP contribution in [0.3, 0.4) is 0 Å². The first-order valence-electron chi connectivity index (χ1n) is 10.4. The maximum Gasteiger partial charge on any atom is 0.259 e. The summed E-state index contributed by atoms with van der Waals surface area (Å²) in [5, 5.41) is 4.97. The van der Waals surface area contributed by atoms with E-state index in [4.69, 9.17) is 10.3 Å². The molecule has 2 N–H and O–H groups in total. The number of carbonyl (C=O) groups excluding carboxylic acids is 1. The lowest BCUT2D eigenvalue weighted by atomic mass is 10.0. The minimum absolute atomic E-state index is 0.0224. The molecule has 152 valence electrons. The van der Waals surface area contributed by atoms with Crippen molar-refractivity contribution in [1.29, 1.82) is 0 Å². The third-order valence-electron chi connectivity index (χ3n) is 5.47. The molecular formula is C23H28N4O2. The van der Waals surface area contributed by atoms with Crippen LogP contribution >= 0.6 is 0 Å². The van der Waals surface area contributed by atoms with E-state index in [2.05, 4.69) is 22.3 Å². The Balaban J connectivity index is 1.69. The summed E-state index contributed by atoms with van der Waals surface area (Å²) < 4.78 is 5.53. The van der Waals surface area contributed by atoms with Crippen molar-refractivity contribution in [2.75, 3.05) is 19.6 Å². The molecule has 0 aliphatic heterocycles. The standard InChI is InChI=1S/C23H28N4O2/c1-15(2)21-20-18(14-19(17-8-9-17)25-22(20)29-26-21)23(28)27(13-11-24)12-10-16-6-4-3-5-7-16/h3-7,14-15,17H,8-13,24H2,1-2H3. The van der Waals surface area contributed by atoms with E-state index >= 15 is 0 Å². The summed E-state index contributed by atoms with van der Waals surface area (Å²) in [5.74, 6) is 0.542. The van der Waals surface area contributed by atoms with Crippen molar-refractivity contribution < 1.29 is 9.32 Å². The van der Waals surface area contributed by atoms with Gasteiger partial charge in [-0.05, 0) is 36.8 Å². The van der Waals surface area contributed by atoms with Crippen LogP contribution in [-0.4, -0.2) is 40.6 Å². The van der Waals surface area contributed by atoms with Gasteiger partial charge in [-0.15, -0.1) is 0 Å². The Kier molecular flexibility index (Phi) is 5.62. The van der Waals surface area contributed by atoms with Crippen molar-refractivity contribution in [2.24, 2.45) is 5.73 Å². The zero-order chi connectivity index (χ0) is 20.4. The largest absolute Gasteiger partial charge is 0.337 e. The molecular weight excluding hydrogens is 364 g/mol. The lowest BCUT2D eigenvalue weighted by Crippen LogP contribution is -2.37. The Morgan fingerprint density at radius 1 is 1.24 bits per heavy atom. The normalized spacial score (nSPS) is 13.9. The summed E-state index contributed by atoms with van der Waals surface area (Å²) in [6, 6.07) is 12.2. The number of nitrogens with zero attached hydrogens (tertiary/aromatic N) is 3. The highest BCUT2D eigenvalue weighted by Crippen LogP contribution is 2.41. The molecule has 1 aliphatic carbocycles. The number of benzene rings is 1. The topological polar surface area (TPSA) is 85.2 Å². The zero-order valence-corrected chi connectivity index (χ0v) is 17.1. The molecule has 6 nitrogen and oxygen atoms in total. The van der Waals surface area contributed by atoms with Crippen LogP contribution in [0, 0.1) is 0 Å². The molecule has 2 heterocycles. The molecule has 1 saturated carbocycles. The van der Waals surface area contributed by atoms with Gasteiger partial charge in [0.15, 0.2) is 0 Å². The van der Waals surface area contributed by atoms with Gasteiger partial charge in [0.25, 0.3) is 11.6 Å². The fraction of sp³-hybridized carbons (Fsp3) is 0.435. The Hall–Kier alpha value is -2.73. The lowest BCUT2D eigenvalue weighted by molar-refractivity contribution is 0.0764. The lowest BCUT2D eigenvalue weighted by Gasteiger charge is -2.23. The second-order valence-corrected chi connectivity index (χ2v) is 8.09. The van der Waals surface area contributed by atoms with Gasteiger partial charge in [0.2, 0.25) is 0 Å². The van der Waals surface area contributed by atoms with E-state index in [0.717, 1.165) is 36.0 Å². The summed E-state index contributed by atoms with van der Waals surface area (Å²) in [5.41, 5.74) is 9.87. The van der Waals surface area contributed by atoms with E-state index in [1.165, 1.54) is 5.56 Å². The molecule has 1 aliphatic rings. The highest BCUT2D eigenvalue weighted by molar-refractivity contribution is 6.06. The predicted octanol–water partition coefficient (Wildman–Crippen LogP) is 3.87. The number of carbonyl (C=O) groups is 1. The van der Waals surface area contributed by atoms with E-state index in [0.29, 0.717) is 36.8 Å². The van der Waals surface area contributed by atoms with Gasteiger partial charge in [-0.3, -0.25) is 4.79 Å². The van der Waals surface area contributed by atoms with Gasteiger partial charge in [0, 0.05) is 31.2 Å². The second kappa shape index (κ2) is 8.33. The summed E-state index contributed by atoms with van der Waals surface area (Å²) >= 11 is 0. The minimum Gasteiger partial charge on any atom is -0.337 e. The van der Waals surface area contributed by atoms with Crippen LogP contribution in [0.5, 0.6) is 0 Å². The number of pyridine rings is 1. The number of hydrogen-bond acceptors (Lipinski definition) is 5. The van der Waals surface area contributed by atoms with Crippen LogP contribution in [0.15, 0.2) is 40.9 Å². The molecule has 0 radical (unpaired) electrons. The molecule has 0 spiro atoms. The maximum atomic E-state index is 13.6.